The number of rotatable bonds is 5. The van der Waals surface area contributed by atoms with Crippen LogP contribution in [0.25, 0.3) is 0 Å². The Morgan fingerprint density at radius 2 is 1.86 bits per heavy atom. The lowest BCUT2D eigenvalue weighted by atomic mass is 10.2. The molecule has 0 heterocycles. The molecule has 2 rings (SSSR count). The standard InChI is InChI=1S/C15H14ClN3O3/c1-10(15(20)18-12-5-2-4-11(16)8-12)17-13-6-3-7-14(9-13)19(21)22/h2-10,17H,1H3,(H,18,20)/t10-/m0/s1. The van der Waals surface area contributed by atoms with Crippen molar-refractivity contribution < 1.29 is 9.72 Å². The van der Waals surface area contributed by atoms with Crippen LogP contribution in [-0.2, 0) is 4.79 Å². The molecule has 0 spiro atoms. The van der Waals surface area contributed by atoms with Crippen LogP contribution in [0.5, 0.6) is 0 Å². The molecule has 0 radical (unpaired) electrons. The molecule has 0 unspecified atom stereocenters. The van der Waals surface area contributed by atoms with E-state index in [-0.39, 0.29) is 11.6 Å². The topological polar surface area (TPSA) is 84.3 Å². The molecular weight excluding hydrogens is 306 g/mol. The van der Waals surface area contributed by atoms with Crippen LogP contribution in [0.2, 0.25) is 5.02 Å². The fraction of sp³-hybridized carbons (Fsp3) is 0.133. The van der Waals surface area contributed by atoms with Crippen molar-refractivity contribution in [1.82, 2.24) is 0 Å². The van der Waals surface area contributed by atoms with E-state index < -0.39 is 11.0 Å². The van der Waals surface area contributed by atoms with Crippen molar-refractivity contribution in [2.75, 3.05) is 10.6 Å². The number of non-ortho nitro benzene ring substituents is 1. The highest BCUT2D eigenvalue weighted by Crippen LogP contribution is 2.19. The number of nitrogens with zero attached hydrogens (tertiary/aromatic N) is 1. The van der Waals surface area contributed by atoms with E-state index in [4.69, 9.17) is 11.6 Å². The molecule has 7 heteroatoms. The predicted molar refractivity (Wildman–Crippen MR) is 86.3 cm³/mol. The van der Waals surface area contributed by atoms with Gasteiger partial charge in [-0.05, 0) is 31.2 Å². The quantitative estimate of drug-likeness (QED) is 0.650. The fourth-order valence-electron chi connectivity index (χ4n) is 1.84. The molecule has 2 aromatic rings. The molecule has 0 saturated carbocycles. The molecule has 0 aromatic heterocycles. The van der Waals surface area contributed by atoms with Crippen LogP contribution < -0.4 is 10.6 Å². The van der Waals surface area contributed by atoms with Crippen LogP contribution in [-0.4, -0.2) is 16.9 Å². The number of halogens is 1. The second kappa shape index (κ2) is 6.91. The minimum Gasteiger partial charge on any atom is -0.374 e. The molecule has 0 saturated heterocycles. The molecule has 2 aromatic carbocycles. The summed E-state index contributed by atoms with van der Waals surface area (Å²) < 4.78 is 0. The third-order valence-corrected chi connectivity index (χ3v) is 3.16. The lowest BCUT2D eigenvalue weighted by Crippen LogP contribution is -2.31. The van der Waals surface area contributed by atoms with Gasteiger partial charge in [0.05, 0.1) is 4.92 Å². The summed E-state index contributed by atoms with van der Waals surface area (Å²) in [6.07, 6.45) is 0. The summed E-state index contributed by atoms with van der Waals surface area (Å²) in [7, 11) is 0. The molecule has 1 amide bonds. The van der Waals surface area contributed by atoms with Gasteiger partial charge in [-0.1, -0.05) is 23.7 Å². The van der Waals surface area contributed by atoms with Crippen molar-refractivity contribution in [2.24, 2.45) is 0 Å². The summed E-state index contributed by atoms with van der Waals surface area (Å²) in [6, 6.07) is 12.2. The average molecular weight is 320 g/mol. The first-order chi connectivity index (χ1) is 10.5. The first-order valence-corrected chi connectivity index (χ1v) is 6.91. The number of carbonyl (C=O) groups is 1. The van der Waals surface area contributed by atoms with Gasteiger partial charge in [0, 0.05) is 28.5 Å². The molecule has 0 fully saturated rings. The van der Waals surface area contributed by atoms with Gasteiger partial charge >= 0.3 is 0 Å². The van der Waals surface area contributed by atoms with Crippen LogP contribution in [0.4, 0.5) is 17.1 Å². The summed E-state index contributed by atoms with van der Waals surface area (Å²) in [5.74, 6) is -0.270. The normalized spacial score (nSPS) is 11.5. The number of hydrogen-bond acceptors (Lipinski definition) is 4. The Hall–Kier alpha value is -2.60. The van der Waals surface area contributed by atoms with E-state index in [0.29, 0.717) is 16.4 Å². The van der Waals surface area contributed by atoms with Crippen molar-refractivity contribution in [3.05, 3.63) is 63.7 Å². The van der Waals surface area contributed by atoms with E-state index >= 15 is 0 Å². The first-order valence-electron chi connectivity index (χ1n) is 6.53. The number of nitrogens with one attached hydrogen (secondary N) is 2. The Kier molecular flexibility index (Phi) is 4.95. The number of benzene rings is 2. The van der Waals surface area contributed by atoms with Gasteiger partial charge in [0.1, 0.15) is 6.04 Å². The maximum Gasteiger partial charge on any atom is 0.271 e. The minimum atomic E-state index is -0.569. The Morgan fingerprint density at radius 1 is 1.18 bits per heavy atom. The Morgan fingerprint density at radius 3 is 2.55 bits per heavy atom. The molecule has 0 aliphatic carbocycles. The molecule has 0 aliphatic heterocycles. The molecule has 1 atom stereocenters. The summed E-state index contributed by atoms with van der Waals surface area (Å²) in [4.78, 5) is 22.3. The van der Waals surface area contributed by atoms with E-state index in [1.165, 1.54) is 12.1 Å². The lowest BCUT2D eigenvalue weighted by Gasteiger charge is -2.15. The van der Waals surface area contributed by atoms with E-state index in [0.717, 1.165) is 0 Å². The number of nitro groups is 1. The second-order valence-electron chi connectivity index (χ2n) is 4.67. The van der Waals surface area contributed by atoms with Crippen molar-refractivity contribution in [1.29, 1.82) is 0 Å². The second-order valence-corrected chi connectivity index (χ2v) is 5.11. The minimum absolute atomic E-state index is 0.0348. The van der Waals surface area contributed by atoms with Crippen LogP contribution in [0.15, 0.2) is 48.5 Å². The smallest absolute Gasteiger partial charge is 0.271 e. The highest BCUT2D eigenvalue weighted by molar-refractivity contribution is 6.30. The number of hydrogen-bond donors (Lipinski definition) is 2. The maximum absolute atomic E-state index is 12.1. The van der Waals surface area contributed by atoms with Crippen molar-refractivity contribution in [2.45, 2.75) is 13.0 Å². The molecule has 2 N–H and O–H groups in total. The van der Waals surface area contributed by atoms with Crippen LogP contribution in [0.3, 0.4) is 0 Å². The zero-order chi connectivity index (χ0) is 16.1. The van der Waals surface area contributed by atoms with E-state index in [9.17, 15) is 14.9 Å². The Bertz CT molecular complexity index is 706. The van der Waals surface area contributed by atoms with Gasteiger partial charge in [0.2, 0.25) is 5.91 Å². The fourth-order valence-corrected chi connectivity index (χ4v) is 2.03. The van der Waals surface area contributed by atoms with Crippen LogP contribution in [0.1, 0.15) is 6.92 Å². The predicted octanol–water partition coefficient (Wildman–Crippen LogP) is 3.69. The summed E-state index contributed by atoms with van der Waals surface area (Å²) in [5, 5.41) is 16.9. The van der Waals surface area contributed by atoms with E-state index in [1.807, 2.05) is 0 Å². The van der Waals surface area contributed by atoms with Gasteiger partial charge in [0.25, 0.3) is 5.69 Å². The van der Waals surface area contributed by atoms with Gasteiger partial charge in [-0.25, -0.2) is 0 Å². The third kappa shape index (κ3) is 4.20. The lowest BCUT2D eigenvalue weighted by molar-refractivity contribution is -0.384. The number of anilines is 2. The Balaban J connectivity index is 2.02. The zero-order valence-corrected chi connectivity index (χ0v) is 12.5. The SMILES string of the molecule is C[C@H](Nc1cccc([N+](=O)[O-])c1)C(=O)Nc1cccc(Cl)c1. The van der Waals surface area contributed by atoms with Crippen LogP contribution >= 0.6 is 11.6 Å². The maximum atomic E-state index is 12.1. The van der Waals surface area contributed by atoms with Crippen molar-refractivity contribution in [3.63, 3.8) is 0 Å². The molecular formula is C15H14ClN3O3. The summed E-state index contributed by atoms with van der Waals surface area (Å²) in [5.41, 5.74) is 1.06. The molecule has 22 heavy (non-hydrogen) atoms. The summed E-state index contributed by atoms with van der Waals surface area (Å²) >= 11 is 5.85. The first kappa shape index (κ1) is 15.8. The summed E-state index contributed by atoms with van der Waals surface area (Å²) in [6.45, 7) is 1.67. The molecule has 6 nitrogen and oxygen atoms in total. The highest BCUT2D eigenvalue weighted by atomic mass is 35.5. The van der Waals surface area contributed by atoms with Gasteiger partial charge in [0.15, 0.2) is 0 Å². The van der Waals surface area contributed by atoms with Gasteiger partial charge < -0.3 is 10.6 Å². The third-order valence-electron chi connectivity index (χ3n) is 2.93. The Labute approximate surface area is 132 Å². The van der Waals surface area contributed by atoms with Crippen LogP contribution in [0, 0.1) is 10.1 Å². The number of carbonyl (C=O) groups excluding carboxylic acids is 1. The van der Waals surface area contributed by atoms with Crippen molar-refractivity contribution >= 4 is 34.6 Å². The highest BCUT2D eigenvalue weighted by Gasteiger charge is 2.14. The number of amides is 1. The number of nitro benzene ring substituents is 1. The monoisotopic (exact) mass is 319 g/mol. The largest absolute Gasteiger partial charge is 0.374 e. The van der Waals surface area contributed by atoms with E-state index in [1.54, 1.807) is 43.3 Å². The van der Waals surface area contributed by atoms with Gasteiger partial charge in [-0.15, -0.1) is 0 Å². The average Bonchev–Trinajstić information content (AvgIpc) is 2.47. The molecule has 0 bridgehead atoms. The molecule has 0 aliphatic rings. The molecule has 114 valence electrons. The van der Waals surface area contributed by atoms with Gasteiger partial charge in [-0.2, -0.15) is 0 Å². The van der Waals surface area contributed by atoms with Crippen molar-refractivity contribution in [3.8, 4) is 0 Å². The van der Waals surface area contributed by atoms with Gasteiger partial charge in [-0.3, -0.25) is 14.9 Å². The van der Waals surface area contributed by atoms with E-state index in [2.05, 4.69) is 10.6 Å². The zero-order valence-electron chi connectivity index (χ0n) is 11.7.